The van der Waals surface area contributed by atoms with Crippen molar-refractivity contribution in [2.24, 2.45) is 0 Å². The van der Waals surface area contributed by atoms with Crippen LogP contribution in [-0.2, 0) is 13.0 Å². The van der Waals surface area contributed by atoms with Crippen molar-refractivity contribution < 1.29 is 0 Å². The van der Waals surface area contributed by atoms with Crippen molar-refractivity contribution in [3.8, 4) is 0 Å². The fraction of sp³-hybridized carbons (Fsp3) is 0.231. The number of aromatic nitrogens is 2. The quantitative estimate of drug-likeness (QED) is 0.879. The molecule has 1 aliphatic heterocycles. The van der Waals surface area contributed by atoms with Crippen LogP contribution in [0.3, 0.4) is 0 Å². The first-order chi connectivity index (χ1) is 8.74. The van der Waals surface area contributed by atoms with Gasteiger partial charge in [0, 0.05) is 19.3 Å². The van der Waals surface area contributed by atoms with Crippen molar-refractivity contribution in [3.05, 3.63) is 46.1 Å². The third kappa shape index (κ3) is 2.06. The van der Waals surface area contributed by atoms with E-state index in [0.717, 1.165) is 29.8 Å². The van der Waals surface area contributed by atoms with Crippen molar-refractivity contribution in [2.75, 3.05) is 17.2 Å². The molecule has 2 aromatic rings. The summed E-state index contributed by atoms with van der Waals surface area (Å²) in [6.45, 7) is 1.82. The average molecular weight is 305 g/mol. The van der Waals surface area contributed by atoms with E-state index in [1.165, 1.54) is 11.1 Å². The van der Waals surface area contributed by atoms with E-state index in [1.54, 1.807) is 6.20 Å². The predicted octanol–water partition coefficient (Wildman–Crippen LogP) is 2.38. The molecule has 5 heteroatoms. The number of anilines is 2. The minimum absolute atomic E-state index is 0.312. The van der Waals surface area contributed by atoms with Crippen LogP contribution in [0.1, 0.15) is 11.1 Å². The van der Waals surface area contributed by atoms with Gasteiger partial charge in [-0.25, -0.2) is 4.98 Å². The summed E-state index contributed by atoms with van der Waals surface area (Å²) in [5, 5.41) is 0. The number of hydrogen-bond donors (Lipinski definition) is 1. The Hall–Kier alpha value is -1.62. The number of benzene rings is 1. The lowest BCUT2D eigenvalue weighted by molar-refractivity contribution is 0.718. The number of nitrogens with two attached hydrogens (primary N) is 1. The van der Waals surface area contributed by atoms with E-state index in [4.69, 9.17) is 5.73 Å². The summed E-state index contributed by atoms with van der Waals surface area (Å²) in [4.78, 5) is 10.5. The van der Waals surface area contributed by atoms with Gasteiger partial charge in [-0.3, -0.25) is 0 Å². The Bertz CT molecular complexity index is 585. The van der Waals surface area contributed by atoms with E-state index in [9.17, 15) is 0 Å². The molecule has 0 fully saturated rings. The van der Waals surface area contributed by atoms with Gasteiger partial charge in [0.05, 0.1) is 4.47 Å². The molecular weight excluding hydrogens is 292 g/mol. The van der Waals surface area contributed by atoms with Gasteiger partial charge in [0.15, 0.2) is 0 Å². The molecule has 1 aromatic carbocycles. The Morgan fingerprint density at radius 3 is 2.83 bits per heavy atom. The Kier molecular flexibility index (Phi) is 2.91. The van der Waals surface area contributed by atoms with Crippen LogP contribution in [0.5, 0.6) is 0 Å². The first-order valence-electron chi connectivity index (χ1n) is 5.84. The summed E-state index contributed by atoms with van der Waals surface area (Å²) < 4.78 is 0.885. The number of halogens is 1. The van der Waals surface area contributed by atoms with Gasteiger partial charge in [-0.15, -0.1) is 0 Å². The van der Waals surface area contributed by atoms with Crippen molar-refractivity contribution in [1.82, 2.24) is 9.97 Å². The Morgan fingerprint density at radius 1 is 1.22 bits per heavy atom. The van der Waals surface area contributed by atoms with Crippen LogP contribution in [-0.4, -0.2) is 16.5 Å². The molecule has 0 amide bonds. The zero-order valence-electron chi connectivity index (χ0n) is 9.81. The molecule has 2 N–H and O–H groups in total. The van der Waals surface area contributed by atoms with Gasteiger partial charge >= 0.3 is 0 Å². The van der Waals surface area contributed by atoms with Crippen LogP contribution in [0.4, 0.5) is 11.8 Å². The number of hydrogen-bond acceptors (Lipinski definition) is 4. The third-order valence-electron chi connectivity index (χ3n) is 3.17. The van der Waals surface area contributed by atoms with E-state index in [-0.39, 0.29) is 0 Å². The lowest BCUT2D eigenvalue weighted by Gasteiger charge is -2.30. The maximum Gasteiger partial charge on any atom is 0.222 e. The minimum Gasteiger partial charge on any atom is -0.368 e. The molecule has 0 aliphatic carbocycles. The molecule has 0 bridgehead atoms. The van der Waals surface area contributed by atoms with Gasteiger partial charge in [-0.1, -0.05) is 24.3 Å². The van der Waals surface area contributed by atoms with Crippen molar-refractivity contribution in [2.45, 2.75) is 13.0 Å². The van der Waals surface area contributed by atoms with E-state index >= 15 is 0 Å². The second-order valence-corrected chi connectivity index (χ2v) is 5.19. The molecule has 92 valence electrons. The number of nitrogens with zero attached hydrogens (tertiary/aromatic N) is 3. The van der Waals surface area contributed by atoms with Crippen LogP contribution in [0.25, 0.3) is 0 Å². The molecule has 2 heterocycles. The van der Waals surface area contributed by atoms with Crippen molar-refractivity contribution in [1.29, 1.82) is 0 Å². The van der Waals surface area contributed by atoms with Gasteiger partial charge < -0.3 is 10.6 Å². The van der Waals surface area contributed by atoms with Gasteiger partial charge in [-0.05, 0) is 33.5 Å². The summed E-state index contributed by atoms with van der Waals surface area (Å²) in [6, 6.07) is 8.52. The van der Waals surface area contributed by atoms with Gasteiger partial charge in [0.1, 0.15) is 5.82 Å². The highest BCUT2D eigenvalue weighted by molar-refractivity contribution is 9.10. The number of nitrogen functional groups attached to an aromatic ring is 1. The molecule has 0 saturated heterocycles. The van der Waals surface area contributed by atoms with Crippen LogP contribution < -0.4 is 10.6 Å². The zero-order chi connectivity index (χ0) is 12.5. The third-order valence-corrected chi connectivity index (χ3v) is 3.73. The number of fused-ring (bicyclic) bond motifs is 1. The van der Waals surface area contributed by atoms with E-state index in [2.05, 4.69) is 55.1 Å². The SMILES string of the molecule is Nc1ncc(Br)c(N2CCc3ccccc3C2)n1. The normalized spacial score (nSPS) is 14.4. The van der Waals surface area contributed by atoms with Gasteiger partial charge in [0.2, 0.25) is 5.95 Å². The second kappa shape index (κ2) is 4.57. The highest BCUT2D eigenvalue weighted by Gasteiger charge is 2.19. The molecule has 0 saturated carbocycles. The topological polar surface area (TPSA) is 55.0 Å². The first-order valence-corrected chi connectivity index (χ1v) is 6.63. The summed E-state index contributed by atoms with van der Waals surface area (Å²) in [5.74, 6) is 1.18. The molecular formula is C13H13BrN4. The fourth-order valence-corrected chi connectivity index (χ4v) is 2.71. The van der Waals surface area contributed by atoms with Gasteiger partial charge in [0.25, 0.3) is 0 Å². The fourth-order valence-electron chi connectivity index (χ4n) is 2.27. The molecule has 18 heavy (non-hydrogen) atoms. The molecule has 0 radical (unpaired) electrons. The molecule has 0 spiro atoms. The number of rotatable bonds is 1. The summed E-state index contributed by atoms with van der Waals surface area (Å²) >= 11 is 3.48. The van der Waals surface area contributed by atoms with Crippen LogP contribution in [0, 0.1) is 0 Å². The van der Waals surface area contributed by atoms with Crippen molar-refractivity contribution >= 4 is 27.7 Å². The summed E-state index contributed by atoms with van der Waals surface area (Å²) in [5.41, 5.74) is 8.44. The predicted molar refractivity (Wildman–Crippen MR) is 75.3 cm³/mol. The lowest BCUT2D eigenvalue weighted by atomic mass is 10.00. The summed E-state index contributed by atoms with van der Waals surface area (Å²) in [6.07, 6.45) is 2.74. The van der Waals surface area contributed by atoms with Crippen LogP contribution in [0.2, 0.25) is 0 Å². The molecule has 1 aromatic heterocycles. The standard InChI is InChI=1S/C13H13BrN4/c14-11-7-16-13(15)17-12(11)18-6-5-9-3-1-2-4-10(9)8-18/h1-4,7H,5-6,8H2,(H2,15,16,17). The molecule has 0 atom stereocenters. The monoisotopic (exact) mass is 304 g/mol. The highest BCUT2D eigenvalue weighted by Crippen LogP contribution is 2.28. The molecule has 0 unspecified atom stereocenters. The smallest absolute Gasteiger partial charge is 0.222 e. The average Bonchev–Trinajstić information content (AvgIpc) is 2.41. The second-order valence-electron chi connectivity index (χ2n) is 4.34. The summed E-state index contributed by atoms with van der Waals surface area (Å²) in [7, 11) is 0. The molecule has 3 rings (SSSR count). The Labute approximate surface area is 114 Å². The van der Waals surface area contributed by atoms with E-state index in [1.807, 2.05) is 0 Å². The maximum absolute atomic E-state index is 5.66. The Balaban J connectivity index is 1.94. The minimum atomic E-state index is 0.312. The molecule has 1 aliphatic rings. The van der Waals surface area contributed by atoms with Gasteiger partial charge in [-0.2, -0.15) is 4.98 Å². The van der Waals surface area contributed by atoms with Crippen molar-refractivity contribution in [3.63, 3.8) is 0 Å². The lowest BCUT2D eigenvalue weighted by Crippen LogP contribution is -2.31. The van der Waals surface area contributed by atoms with E-state index in [0.29, 0.717) is 5.95 Å². The van der Waals surface area contributed by atoms with Crippen LogP contribution in [0.15, 0.2) is 34.9 Å². The first kappa shape index (κ1) is 11.5. The van der Waals surface area contributed by atoms with Crippen LogP contribution >= 0.6 is 15.9 Å². The zero-order valence-corrected chi connectivity index (χ0v) is 11.4. The van der Waals surface area contributed by atoms with E-state index < -0.39 is 0 Å². The highest BCUT2D eigenvalue weighted by atomic mass is 79.9. The largest absolute Gasteiger partial charge is 0.368 e. The molecule has 4 nitrogen and oxygen atoms in total. The Morgan fingerprint density at radius 2 is 2.00 bits per heavy atom. The maximum atomic E-state index is 5.66.